The molecule has 0 rings (SSSR count). The number of rotatable bonds is 3. The molecule has 0 aliphatic carbocycles. The van der Waals surface area contributed by atoms with Gasteiger partial charge >= 0.3 is 72.2 Å². The second-order valence-electron chi connectivity index (χ2n) is 1.63. The Balaban J connectivity index is 0. The molecule has 1 atom stereocenters. The number of hydrogen-bond donors (Lipinski definition) is 2. The molecule has 0 aliphatic heterocycles. The third kappa shape index (κ3) is 7.14. The van der Waals surface area contributed by atoms with E-state index >= 15 is 0 Å². The second kappa shape index (κ2) is 7.42. The summed E-state index contributed by atoms with van der Waals surface area (Å²) in [4.78, 5) is 20.2. The minimum absolute atomic E-state index is 0. The fourth-order valence-corrected chi connectivity index (χ4v) is 0.329. The molecule has 7 heteroatoms. The fourth-order valence-electron chi connectivity index (χ4n) is 0.329. The molecule has 0 spiro atoms. The van der Waals surface area contributed by atoms with Gasteiger partial charge in [-0.2, -0.15) is 0 Å². The predicted octanol–water partition coefficient (Wildman–Crippen LogP) is -2.74. The van der Waals surface area contributed by atoms with Gasteiger partial charge in [0.15, 0.2) is 6.10 Å². The number of carbonyl (C=O) groups excluding carboxylic acids is 1. The quantitative estimate of drug-likeness (QED) is 0.516. The molecule has 0 heterocycles. The van der Waals surface area contributed by atoms with E-state index in [9.17, 15) is 9.59 Å². The van der Waals surface area contributed by atoms with Crippen LogP contribution in [-0.2, 0) is 14.2 Å². The van der Waals surface area contributed by atoms with Gasteiger partial charge in [-0.1, -0.05) is 0 Å². The van der Waals surface area contributed by atoms with Gasteiger partial charge in [-0.15, -0.1) is 0 Å². The monoisotopic (exact) mass is 232 g/mol. The second-order valence-corrected chi connectivity index (χ2v) is 1.63. The van der Waals surface area contributed by atoms with Gasteiger partial charge in [-0.3, -0.25) is 4.79 Å². The van der Waals surface area contributed by atoms with Crippen LogP contribution in [0.4, 0.5) is 0 Å². The maximum absolute atomic E-state index is 10.3. The summed E-state index contributed by atoms with van der Waals surface area (Å²) in [6.07, 6.45) is -2.17. The van der Waals surface area contributed by atoms with Gasteiger partial charge in [-0.05, 0) is 0 Å². The Morgan fingerprint density at radius 2 is 2.00 bits per heavy atom. The molecule has 0 saturated heterocycles. The van der Waals surface area contributed by atoms with E-state index in [0.29, 0.717) is 0 Å². The van der Waals surface area contributed by atoms with Gasteiger partial charge < -0.3 is 14.9 Å². The van der Waals surface area contributed by atoms with Crippen molar-refractivity contribution in [1.82, 2.24) is 0 Å². The number of aliphatic hydroxyl groups is 1. The van der Waals surface area contributed by atoms with Crippen LogP contribution in [0.2, 0.25) is 0 Å². The fraction of sp³-hybridized carbons (Fsp3) is 0.500. The van der Waals surface area contributed by atoms with E-state index in [1.54, 1.807) is 0 Å². The van der Waals surface area contributed by atoms with Gasteiger partial charge in [-0.25, -0.2) is 4.79 Å². The zero-order valence-electron chi connectivity index (χ0n) is 5.40. The van der Waals surface area contributed by atoms with Crippen molar-refractivity contribution in [3.05, 3.63) is 0 Å². The third-order valence-corrected chi connectivity index (χ3v) is 0.873. The molecule has 0 amide bonds. The van der Waals surface area contributed by atoms with Crippen LogP contribution in [0.1, 0.15) is 6.42 Å². The van der Waals surface area contributed by atoms with E-state index in [1.807, 2.05) is 0 Å². The van der Waals surface area contributed by atoms with Crippen LogP contribution in [0.3, 0.4) is 0 Å². The van der Waals surface area contributed by atoms with Crippen molar-refractivity contribution in [2.24, 2.45) is 0 Å². The van der Waals surface area contributed by atoms with Crippen LogP contribution in [0.15, 0.2) is 0 Å². The topological polar surface area (TPSA) is 83.8 Å². The molecule has 0 aromatic heterocycles. The number of aliphatic carboxylic acids is 1. The van der Waals surface area contributed by atoms with Crippen molar-refractivity contribution in [3.63, 3.8) is 0 Å². The number of carboxylic acid groups (broad SMARTS) is 1. The van der Waals surface area contributed by atoms with Crippen molar-refractivity contribution in [3.8, 4) is 0 Å². The summed E-state index contributed by atoms with van der Waals surface area (Å²) < 4.78 is 4.11. The van der Waals surface area contributed by atoms with Crippen molar-refractivity contribution in [2.75, 3.05) is 0 Å². The number of aliphatic hydroxyl groups excluding tert-OH is 1. The van der Waals surface area contributed by atoms with E-state index in [2.05, 4.69) is 4.65 Å². The molecule has 0 radical (unpaired) electrons. The van der Waals surface area contributed by atoms with Crippen molar-refractivity contribution in [2.45, 2.75) is 12.5 Å². The van der Waals surface area contributed by atoms with E-state index in [0.717, 1.165) is 8.05 Å². The summed E-state index contributed by atoms with van der Waals surface area (Å²) in [7, 11) is 1.12. The van der Waals surface area contributed by atoms with Crippen LogP contribution in [-0.4, -0.2) is 94.5 Å². The van der Waals surface area contributed by atoms with Gasteiger partial charge in [0.2, 0.25) is 0 Å². The maximum atomic E-state index is 10.3. The summed E-state index contributed by atoms with van der Waals surface area (Å²) in [6, 6.07) is 0. The van der Waals surface area contributed by atoms with Crippen molar-refractivity contribution >= 4 is 78.2 Å². The van der Waals surface area contributed by atoms with Crippen LogP contribution in [0, 0.1) is 0 Å². The molecule has 2 N–H and O–H groups in total. The number of carboxylic acids is 1. The zero-order chi connectivity index (χ0) is 8.15. The Kier molecular flexibility index (Phi) is 9.65. The minimum atomic E-state index is -1.66. The Morgan fingerprint density at radius 3 is 2.27 bits per heavy atom. The normalized spacial score (nSPS) is 11.0. The summed E-state index contributed by atoms with van der Waals surface area (Å²) in [6.45, 7) is 0. The molecular formula is C4H8BO5Rb. The molecule has 1 unspecified atom stereocenters. The number of hydrogen-bond acceptors (Lipinski definition) is 4. The molecule has 0 saturated carbocycles. The van der Waals surface area contributed by atoms with Crippen molar-refractivity contribution in [1.29, 1.82) is 0 Å². The molecule has 0 bridgehead atoms. The van der Waals surface area contributed by atoms with Gasteiger partial charge in [0.05, 0.1) is 6.42 Å². The van der Waals surface area contributed by atoms with Crippen LogP contribution in [0.25, 0.3) is 0 Å². The van der Waals surface area contributed by atoms with Gasteiger partial charge in [0.1, 0.15) is 0 Å². The van der Waals surface area contributed by atoms with E-state index in [1.165, 1.54) is 0 Å². The molecule has 5 nitrogen and oxygen atoms in total. The first-order valence-electron chi connectivity index (χ1n) is 2.55. The Hall–Kier alpha value is 0.770. The summed E-state index contributed by atoms with van der Waals surface area (Å²) in [5, 5.41) is 16.6. The van der Waals surface area contributed by atoms with Gasteiger partial charge in [0.25, 0.3) is 5.97 Å². The molecular weight excluding hydrogens is 224 g/mol. The first-order chi connectivity index (χ1) is 4.57. The Labute approximate surface area is 113 Å². The molecule has 0 fully saturated rings. The first kappa shape index (κ1) is 14.3. The molecule has 0 aromatic carbocycles. The molecule has 0 aliphatic rings. The Morgan fingerprint density at radius 1 is 1.55 bits per heavy atom. The van der Waals surface area contributed by atoms with Crippen LogP contribution in [0.5, 0.6) is 0 Å². The SMILES string of the molecule is BOC(=O)CC(O)C(=O)O.[RbH]. The van der Waals surface area contributed by atoms with E-state index in [4.69, 9.17) is 10.2 Å². The van der Waals surface area contributed by atoms with Crippen molar-refractivity contribution < 1.29 is 24.5 Å². The molecule has 0 aromatic rings. The number of carbonyl (C=O) groups is 2. The summed E-state index contributed by atoms with van der Waals surface area (Å²) in [5.41, 5.74) is 0. The Bertz CT molecular complexity index is 149. The standard InChI is InChI=1S/C4H7BO5.Rb.H/c5-10-3(7)1-2(6)4(8)9;;/h2,6H,1,5H2,(H,8,9);;. The average Bonchev–Trinajstić information content (AvgIpc) is 1.87. The third-order valence-electron chi connectivity index (χ3n) is 0.873. The van der Waals surface area contributed by atoms with E-state index < -0.39 is 24.5 Å². The predicted molar refractivity (Wildman–Crippen MR) is 40.0 cm³/mol. The summed E-state index contributed by atoms with van der Waals surface area (Å²) >= 11 is 0. The first-order valence-corrected chi connectivity index (χ1v) is 2.55. The summed E-state index contributed by atoms with van der Waals surface area (Å²) in [5.74, 6) is -2.17. The zero-order valence-corrected chi connectivity index (χ0v) is 5.40. The molecule has 11 heavy (non-hydrogen) atoms. The van der Waals surface area contributed by atoms with Crippen LogP contribution >= 0.6 is 0 Å². The molecule has 58 valence electrons. The van der Waals surface area contributed by atoms with Gasteiger partial charge in [0, 0.05) is 0 Å². The van der Waals surface area contributed by atoms with Crippen LogP contribution < -0.4 is 0 Å². The average molecular weight is 232 g/mol. The van der Waals surface area contributed by atoms with E-state index in [-0.39, 0.29) is 58.2 Å².